The molecule has 0 unspecified atom stereocenters. The van der Waals surface area contributed by atoms with Crippen LogP contribution >= 0.6 is 7.82 Å². The van der Waals surface area contributed by atoms with E-state index >= 15 is 0 Å². The summed E-state index contributed by atoms with van der Waals surface area (Å²) >= 11 is 0. The molecule has 0 saturated carbocycles. The van der Waals surface area contributed by atoms with Crippen LogP contribution in [0.4, 0.5) is 0 Å². The van der Waals surface area contributed by atoms with Crippen molar-refractivity contribution in [3.63, 3.8) is 0 Å². The van der Waals surface area contributed by atoms with Crippen molar-refractivity contribution < 1.29 is 32.7 Å². The highest BCUT2D eigenvalue weighted by Crippen LogP contribution is 2.16. The summed E-state index contributed by atoms with van der Waals surface area (Å²) in [5.74, 6) is 0. The third-order valence-electron chi connectivity index (χ3n) is 14.2. The van der Waals surface area contributed by atoms with Gasteiger partial charge in [-0.15, -0.1) is 0 Å². The summed E-state index contributed by atoms with van der Waals surface area (Å²) in [6.45, 7) is 22.0. The Morgan fingerprint density at radius 1 is 0.221 bits per heavy atom. The second-order valence-corrected chi connectivity index (χ2v) is 24.2. The van der Waals surface area contributed by atoms with E-state index in [-0.39, 0.29) is 0 Å². The molecule has 0 N–H and O–H groups in total. The lowest BCUT2D eigenvalue weighted by atomic mass is 10.1. The van der Waals surface area contributed by atoms with Gasteiger partial charge in [0.15, 0.2) is 0 Å². The molecule has 0 bridgehead atoms. The molecule has 0 atom stereocenters. The van der Waals surface area contributed by atoms with Crippen molar-refractivity contribution in [1.82, 2.24) is 0 Å². The number of phosphoric acid groups is 1. The van der Waals surface area contributed by atoms with Crippen LogP contribution in [0, 0.1) is 0 Å². The zero-order valence-electron chi connectivity index (χ0n) is 49.4. The Labute approximate surface area is 431 Å². The standard InChI is InChI=1S/3C20H44N.H3O4P/c3*1-5-7-9-11-13-15-17-19-21(3,4)20-18-16-14-12-10-8-6-2;1-5(2,3)4/h3*5-20H2,1-4H3;(H3,1,2,3,4)/q3*+1;/p-3. The van der Waals surface area contributed by atoms with E-state index in [0.29, 0.717) is 0 Å². The van der Waals surface area contributed by atoms with Gasteiger partial charge in [-0.25, -0.2) is 0 Å². The van der Waals surface area contributed by atoms with E-state index in [2.05, 4.69) is 83.8 Å². The average Bonchev–Trinajstić information content (AvgIpc) is 3.27. The van der Waals surface area contributed by atoms with Crippen LogP contribution in [0.1, 0.15) is 311 Å². The topological polar surface area (TPSA) is 86.2 Å². The van der Waals surface area contributed by atoms with E-state index in [9.17, 15) is 0 Å². The van der Waals surface area contributed by atoms with Crippen molar-refractivity contribution in [3.8, 4) is 0 Å². The van der Waals surface area contributed by atoms with Crippen molar-refractivity contribution in [2.75, 3.05) is 81.6 Å². The fourth-order valence-electron chi connectivity index (χ4n) is 9.32. The summed E-state index contributed by atoms with van der Waals surface area (Å²) in [6.07, 6.45) is 60.2. The normalized spacial score (nSPS) is 12.0. The zero-order valence-corrected chi connectivity index (χ0v) is 50.3. The fourth-order valence-corrected chi connectivity index (χ4v) is 9.32. The smallest absolute Gasteiger partial charge is 0.0782 e. The van der Waals surface area contributed by atoms with Crippen molar-refractivity contribution >= 4 is 7.82 Å². The molecule has 68 heavy (non-hydrogen) atoms. The summed E-state index contributed by atoms with van der Waals surface area (Å²) in [4.78, 5) is 25.6. The molecule has 0 aromatic rings. The molecule has 0 spiro atoms. The molecule has 7 nitrogen and oxygen atoms in total. The number of rotatable bonds is 48. The van der Waals surface area contributed by atoms with Crippen LogP contribution in [-0.2, 0) is 4.57 Å². The van der Waals surface area contributed by atoms with Crippen molar-refractivity contribution in [3.05, 3.63) is 0 Å². The predicted molar refractivity (Wildman–Crippen MR) is 301 cm³/mol. The Balaban J connectivity index is -0.000000429. The molecule has 0 radical (unpaired) electrons. The predicted octanol–water partition coefficient (Wildman–Crippen LogP) is 16.9. The number of hydrogen-bond acceptors (Lipinski definition) is 4. The molecule has 0 amide bonds. The molecule has 8 heteroatoms. The lowest BCUT2D eigenvalue weighted by Crippen LogP contribution is -2.41. The number of unbranched alkanes of at least 4 members (excludes halogenated alkanes) is 36. The minimum atomic E-state index is -5.39. The highest BCUT2D eigenvalue weighted by molar-refractivity contribution is 7.40. The molecule has 0 saturated heterocycles. The molecule has 0 aromatic heterocycles. The maximum absolute atomic E-state index is 8.55. The third-order valence-corrected chi connectivity index (χ3v) is 14.2. The fraction of sp³-hybridized carbons (Fsp3) is 1.00. The first-order valence-electron chi connectivity index (χ1n) is 30.6. The first-order valence-corrected chi connectivity index (χ1v) is 32.0. The molecule has 0 fully saturated rings. The van der Waals surface area contributed by atoms with Crippen LogP contribution in [0.2, 0.25) is 0 Å². The maximum Gasteiger partial charge on any atom is 0.0782 e. The second kappa shape index (κ2) is 56.3. The number of hydrogen-bond donors (Lipinski definition) is 0. The van der Waals surface area contributed by atoms with Gasteiger partial charge < -0.3 is 32.7 Å². The Bertz CT molecular complexity index is 800. The van der Waals surface area contributed by atoms with Gasteiger partial charge in [-0.3, -0.25) is 0 Å². The minimum absolute atomic E-state index is 1.24. The van der Waals surface area contributed by atoms with Crippen LogP contribution in [0.5, 0.6) is 0 Å². The summed E-state index contributed by atoms with van der Waals surface area (Å²) in [5.41, 5.74) is 0. The largest absolute Gasteiger partial charge is 0.822 e. The van der Waals surface area contributed by atoms with Gasteiger partial charge >= 0.3 is 0 Å². The Morgan fingerprint density at radius 3 is 0.412 bits per heavy atom. The van der Waals surface area contributed by atoms with Gasteiger partial charge in [0, 0.05) is 0 Å². The summed E-state index contributed by atoms with van der Waals surface area (Å²) < 4.78 is 12.3. The van der Waals surface area contributed by atoms with Crippen LogP contribution < -0.4 is 14.7 Å². The molecular formula is C60H132N3O4P. The van der Waals surface area contributed by atoms with Gasteiger partial charge in [0.1, 0.15) is 0 Å². The van der Waals surface area contributed by atoms with E-state index in [4.69, 9.17) is 19.2 Å². The molecule has 0 aliphatic carbocycles. The zero-order chi connectivity index (χ0) is 51.9. The molecule has 0 heterocycles. The SMILES string of the molecule is CCCCCCCCC[N+](C)(C)CCCCCCCCC.CCCCCCCCC[N+](C)(C)CCCCCCCCC.CCCCCCCCC[N+](C)(C)CCCCCCCCC.O=P([O-])([O-])[O-]. The van der Waals surface area contributed by atoms with Gasteiger partial charge in [0.05, 0.1) is 81.6 Å². The molecule has 0 aromatic carbocycles. The first kappa shape index (κ1) is 74.5. The van der Waals surface area contributed by atoms with E-state index in [1.54, 1.807) is 0 Å². The van der Waals surface area contributed by atoms with Crippen LogP contribution in [0.25, 0.3) is 0 Å². The summed E-state index contributed by atoms with van der Waals surface area (Å²) in [5, 5.41) is 0. The molecular weight excluding hydrogens is 858 g/mol. The quantitative estimate of drug-likeness (QED) is 0.0345. The lowest BCUT2D eigenvalue weighted by molar-refractivity contribution is -0.890. The Morgan fingerprint density at radius 2 is 0.309 bits per heavy atom. The van der Waals surface area contributed by atoms with Crippen molar-refractivity contribution in [2.45, 2.75) is 311 Å². The van der Waals surface area contributed by atoms with Crippen LogP contribution in [0.3, 0.4) is 0 Å². The lowest BCUT2D eigenvalue weighted by Gasteiger charge is -2.36. The first-order chi connectivity index (χ1) is 32.4. The van der Waals surface area contributed by atoms with E-state index in [1.165, 1.54) is 322 Å². The van der Waals surface area contributed by atoms with Gasteiger partial charge in [0.25, 0.3) is 0 Å². The molecule has 0 rings (SSSR count). The van der Waals surface area contributed by atoms with Gasteiger partial charge in [-0.05, 0) is 77.0 Å². The van der Waals surface area contributed by atoms with Crippen molar-refractivity contribution in [2.24, 2.45) is 0 Å². The van der Waals surface area contributed by atoms with Gasteiger partial charge in [-0.1, -0.05) is 234 Å². The monoisotopic (exact) mass is 990 g/mol. The Kier molecular flexibility index (Phi) is 61.7. The van der Waals surface area contributed by atoms with Gasteiger partial charge in [0.2, 0.25) is 0 Å². The number of quaternary nitrogens is 3. The average molecular weight is 991 g/mol. The number of nitrogens with zero attached hydrogens (tertiary/aromatic N) is 3. The highest BCUT2D eigenvalue weighted by Gasteiger charge is 2.15. The Hall–Kier alpha value is -0.0100. The molecule has 0 aliphatic heterocycles. The third kappa shape index (κ3) is 77.4. The maximum atomic E-state index is 8.55. The van der Waals surface area contributed by atoms with E-state index in [0.717, 1.165) is 0 Å². The second-order valence-electron chi connectivity index (χ2n) is 23.3. The minimum Gasteiger partial charge on any atom is -0.822 e. The van der Waals surface area contributed by atoms with E-state index < -0.39 is 7.82 Å². The molecule has 0 aliphatic rings. The molecule has 416 valence electrons. The van der Waals surface area contributed by atoms with Crippen molar-refractivity contribution in [1.29, 1.82) is 0 Å². The van der Waals surface area contributed by atoms with Crippen LogP contribution in [-0.4, -0.2) is 95.0 Å². The van der Waals surface area contributed by atoms with Crippen LogP contribution in [0.15, 0.2) is 0 Å². The van der Waals surface area contributed by atoms with Gasteiger partial charge in [-0.2, -0.15) is 7.82 Å². The van der Waals surface area contributed by atoms with E-state index in [1.807, 2.05) is 0 Å². The summed E-state index contributed by atoms with van der Waals surface area (Å²) in [7, 11) is 9.16. The summed E-state index contributed by atoms with van der Waals surface area (Å²) in [6, 6.07) is 0. The highest BCUT2D eigenvalue weighted by atomic mass is 31.2.